The number of aromatic nitrogens is 3. The van der Waals surface area contributed by atoms with E-state index in [2.05, 4.69) is 105 Å². The minimum atomic E-state index is 0.296. The van der Waals surface area contributed by atoms with Crippen LogP contribution in [-0.4, -0.2) is 51.8 Å². The Morgan fingerprint density at radius 1 is 1.00 bits per heavy atom. The lowest BCUT2D eigenvalue weighted by Crippen LogP contribution is -2.48. The number of rotatable bonds is 6. The Hall–Kier alpha value is -3.74. The molecule has 3 aromatic carbocycles. The number of morpholine rings is 1. The van der Waals surface area contributed by atoms with E-state index < -0.39 is 0 Å². The van der Waals surface area contributed by atoms with Crippen molar-refractivity contribution in [2.75, 3.05) is 31.6 Å². The van der Waals surface area contributed by atoms with Gasteiger partial charge in [0.1, 0.15) is 0 Å². The molecule has 3 heterocycles. The molecule has 0 aliphatic carbocycles. The summed E-state index contributed by atoms with van der Waals surface area (Å²) in [6.45, 7) is 4.17. The molecule has 1 aliphatic rings. The Balaban J connectivity index is 1.29. The molecule has 6 nitrogen and oxygen atoms in total. The zero-order valence-corrected chi connectivity index (χ0v) is 19.9. The molecule has 0 radical (unpaired) electrons. The second kappa shape index (κ2) is 9.49. The third-order valence-corrected chi connectivity index (χ3v) is 6.89. The van der Waals surface area contributed by atoms with E-state index in [-0.39, 0.29) is 0 Å². The highest BCUT2D eigenvalue weighted by Crippen LogP contribution is 2.32. The molecule has 1 atom stereocenters. The van der Waals surface area contributed by atoms with Gasteiger partial charge in [0.25, 0.3) is 0 Å². The Labute approximate surface area is 205 Å². The molecule has 0 bridgehead atoms. The van der Waals surface area contributed by atoms with Gasteiger partial charge in [0.05, 0.1) is 30.3 Å². The average molecular weight is 464 g/mol. The van der Waals surface area contributed by atoms with Gasteiger partial charge < -0.3 is 14.6 Å². The summed E-state index contributed by atoms with van der Waals surface area (Å²) in [6.07, 6.45) is 5.62. The summed E-state index contributed by atoms with van der Waals surface area (Å²) in [4.78, 5) is 11.8. The smallest absolute Gasteiger partial charge is 0.0966 e. The van der Waals surface area contributed by atoms with Gasteiger partial charge >= 0.3 is 0 Å². The fourth-order valence-corrected chi connectivity index (χ4v) is 4.97. The Bertz CT molecular complexity index is 1460. The van der Waals surface area contributed by atoms with Gasteiger partial charge in [0.15, 0.2) is 0 Å². The van der Waals surface area contributed by atoms with E-state index in [9.17, 15) is 0 Å². The molecule has 6 heteroatoms. The fourth-order valence-electron chi connectivity index (χ4n) is 4.97. The van der Waals surface area contributed by atoms with Crippen LogP contribution in [0.15, 0.2) is 85.3 Å². The summed E-state index contributed by atoms with van der Waals surface area (Å²) >= 11 is 0. The summed E-state index contributed by atoms with van der Waals surface area (Å²) in [6, 6.07) is 24.0. The maximum atomic E-state index is 5.84. The number of benzene rings is 3. The molecule has 0 spiro atoms. The van der Waals surface area contributed by atoms with Crippen LogP contribution in [0.5, 0.6) is 0 Å². The van der Waals surface area contributed by atoms with Gasteiger partial charge in [-0.3, -0.25) is 14.9 Å². The molecular formula is C29H29N5O. The van der Waals surface area contributed by atoms with Gasteiger partial charge in [-0.1, -0.05) is 42.5 Å². The maximum Gasteiger partial charge on any atom is 0.0966 e. The molecule has 5 aromatic rings. The van der Waals surface area contributed by atoms with Crippen LogP contribution in [0.3, 0.4) is 0 Å². The largest absolute Gasteiger partial charge is 0.383 e. The molecular weight excluding hydrogens is 434 g/mol. The van der Waals surface area contributed by atoms with Crippen LogP contribution in [0.2, 0.25) is 0 Å². The lowest BCUT2D eigenvalue weighted by Gasteiger charge is -2.36. The number of hydrogen-bond donors (Lipinski definition) is 1. The van der Waals surface area contributed by atoms with Crippen LogP contribution in [0, 0.1) is 0 Å². The number of hydrogen-bond acceptors (Lipinski definition) is 5. The summed E-state index contributed by atoms with van der Waals surface area (Å²) < 4.78 is 7.99. The SMILES string of the molecule is Cn1ccc2ccc(-c3cc(NCC4COCCN4Cc4ccccc4)cc4nccnc34)cc21. The van der Waals surface area contributed by atoms with Gasteiger partial charge in [-0.05, 0) is 40.8 Å². The lowest BCUT2D eigenvalue weighted by atomic mass is 10.0. The minimum Gasteiger partial charge on any atom is -0.383 e. The van der Waals surface area contributed by atoms with Crippen molar-refractivity contribution in [2.24, 2.45) is 7.05 Å². The number of anilines is 1. The second-order valence-corrected chi connectivity index (χ2v) is 9.21. The molecule has 35 heavy (non-hydrogen) atoms. The molecule has 0 amide bonds. The summed E-state index contributed by atoms with van der Waals surface area (Å²) in [5.74, 6) is 0. The predicted molar refractivity (Wildman–Crippen MR) is 141 cm³/mol. The first-order chi connectivity index (χ1) is 17.2. The van der Waals surface area contributed by atoms with E-state index in [0.29, 0.717) is 6.04 Å². The lowest BCUT2D eigenvalue weighted by molar-refractivity contribution is -0.00645. The maximum absolute atomic E-state index is 5.84. The van der Waals surface area contributed by atoms with E-state index in [1.807, 2.05) is 0 Å². The quantitative estimate of drug-likeness (QED) is 0.380. The highest BCUT2D eigenvalue weighted by Gasteiger charge is 2.23. The Kier molecular flexibility index (Phi) is 5.90. The second-order valence-electron chi connectivity index (χ2n) is 9.21. The number of aryl methyl sites for hydroxylation is 1. The Morgan fingerprint density at radius 2 is 1.89 bits per heavy atom. The van der Waals surface area contributed by atoms with Crippen molar-refractivity contribution < 1.29 is 4.74 Å². The van der Waals surface area contributed by atoms with E-state index >= 15 is 0 Å². The van der Waals surface area contributed by atoms with Crippen molar-refractivity contribution in [1.82, 2.24) is 19.4 Å². The summed E-state index contributed by atoms with van der Waals surface area (Å²) in [5.41, 5.74) is 7.61. The van der Waals surface area contributed by atoms with Crippen molar-refractivity contribution in [3.05, 3.63) is 90.9 Å². The first-order valence-electron chi connectivity index (χ1n) is 12.1. The van der Waals surface area contributed by atoms with Crippen LogP contribution in [0.25, 0.3) is 33.1 Å². The van der Waals surface area contributed by atoms with Gasteiger partial charge in [0, 0.05) is 62.0 Å². The van der Waals surface area contributed by atoms with Gasteiger partial charge in [-0.15, -0.1) is 0 Å². The zero-order valence-electron chi connectivity index (χ0n) is 19.9. The number of nitrogens with zero attached hydrogens (tertiary/aromatic N) is 4. The molecule has 176 valence electrons. The molecule has 1 aliphatic heterocycles. The predicted octanol–water partition coefficient (Wildman–Crippen LogP) is 5.10. The van der Waals surface area contributed by atoms with Crippen molar-refractivity contribution in [3.63, 3.8) is 0 Å². The molecule has 1 saturated heterocycles. The standard InChI is InChI=1S/C29H29N5O/c1-33-12-9-22-7-8-23(15-28(22)33)26-16-24(17-27-29(26)31-11-10-30-27)32-18-25-20-35-14-13-34(25)19-21-5-3-2-4-6-21/h2-12,15-17,25,32H,13-14,18-20H2,1H3. The third kappa shape index (κ3) is 4.50. The van der Waals surface area contributed by atoms with E-state index in [0.717, 1.165) is 60.7 Å². The van der Waals surface area contributed by atoms with E-state index in [1.165, 1.54) is 16.5 Å². The third-order valence-electron chi connectivity index (χ3n) is 6.89. The van der Waals surface area contributed by atoms with Crippen molar-refractivity contribution in [2.45, 2.75) is 12.6 Å². The average Bonchev–Trinajstić information content (AvgIpc) is 3.28. The minimum absolute atomic E-state index is 0.296. The van der Waals surface area contributed by atoms with Gasteiger partial charge in [-0.2, -0.15) is 0 Å². The number of nitrogens with one attached hydrogen (secondary N) is 1. The molecule has 1 N–H and O–H groups in total. The van der Waals surface area contributed by atoms with Crippen molar-refractivity contribution in [3.8, 4) is 11.1 Å². The molecule has 1 fully saturated rings. The van der Waals surface area contributed by atoms with Crippen LogP contribution < -0.4 is 5.32 Å². The highest BCUT2D eigenvalue weighted by atomic mass is 16.5. The molecule has 1 unspecified atom stereocenters. The summed E-state index contributed by atoms with van der Waals surface area (Å²) in [5, 5.41) is 4.91. The van der Waals surface area contributed by atoms with Crippen LogP contribution in [-0.2, 0) is 18.3 Å². The first kappa shape index (κ1) is 21.8. The van der Waals surface area contributed by atoms with Gasteiger partial charge in [0.2, 0.25) is 0 Å². The topological polar surface area (TPSA) is 55.2 Å². The van der Waals surface area contributed by atoms with Crippen LogP contribution in [0.4, 0.5) is 5.69 Å². The summed E-state index contributed by atoms with van der Waals surface area (Å²) in [7, 11) is 2.08. The van der Waals surface area contributed by atoms with Crippen molar-refractivity contribution >= 4 is 27.6 Å². The molecule has 6 rings (SSSR count). The molecule has 0 saturated carbocycles. The number of ether oxygens (including phenoxy) is 1. The number of fused-ring (bicyclic) bond motifs is 2. The molecule has 2 aromatic heterocycles. The highest BCUT2D eigenvalue weighted by molar-refractivity contribution is 5.97. The van der Waals surface area contributed by atoms with Crippen molar-refractivity contribution in [1.29, 1.82) is 0 Å². The van der Waals surface area contributed by atoms with Crippen LogP contribution in [0.1, 0.15) is 5.56 Å². The zero-order chi connectivity index (χ0) is 23.6. The van der Waals surface area contributed by atoms with E-state index in [4.69, 9.17) is 4.74 Å². The monoisotopic (exact) mass is 463 g/mol. The van der Waals surface area contributed by atoms with Gasteiger partial charge in [-0.25, -0.2) is 0 Å². The Morgan fingerprint density at radius 3 is 2.80 bits per heavy atom. The van der Waals surface area contributed by atoms with E-state index in [1.54, 1.807) is 12.4 Å². The normalized spacial score (nSPS) is 16.7. The van der Waals surface area contributed by atoms with Crippen LogP contribution >= 0.6 is 0 Å². The fraction of sp³-hybridized carbons (Fsp3) is 0.241. The first-order valence-corrected chi connectivity index (χ1v) is 12.1.